The van der Waals surface area contributed by atoms with Crippen molar-refractivity contribution in [2.75, 3.05) is 26.2 Å². The van der Waals surface area contributed by atoms with E-state index in [-0.39, 0.29) is 6.10 Å². The number of rotatable bonds is 10. The zero-order chi connectivity index (χ0) is 14.8. The van der Waals surface area contributed by atoms with Crippen LogP contribution in [0.5, 0.6) is 5.75 Å². The maximum Gasteiger partial charge on any atom is 0.119 e. The summed E-state index contributed by atoms with van der Waals surface area (Å²) in [5.74, 6) is 0.863. The summed E-state index contributed by atoms with van der Waals surface area (Å²) in [7, 11) is 0. The third-order valence-corrected chi connectivity index (χ3v) is 3.37. The largest absolute Gasteiger partial charge is 0.494 e. The molecule has 20 heavy (non-hydrogen) atoms. The van der Waals surface area contributed by atoms with Gasteiger partial charge in [0.15, 0.2) is 0 Å². The van der Waals surface area contributed by atoms with Gasteiger partial charge in [-0.15, -0.1) is 0 Å². The van der Waals surface area contributed by atoms with E-state index in [0.29, 0.717) is 6.61 Å². The van der Waals surface area contributed by atoms with Gasteiger partial charge >= 0.3 is 0 Å². The van der Waals surface area contributed by atoms with Crippen molar-refractivity contribution in [1.82, 2.24) is 4.90 Å². The van der Waals surface area contributed by atoms with Crippen molar-refractivity contribution in [1.29, 1.82) is 0 Å². The molecular weight excluding hydrogens is 250 g/mol. The minimum absolute atomic E-state index is 0.387. The quantitative estimate of drug-likeness (QED) is 0.710. The van der Waals surface area contributed by atoms with Crippen molar-refractivity contribution < 1.29 is 9.84 Å². The number of ether oxygens (including phenoxy) is 1. The van der Waals surface area contributed by atoms with E-state index in [1.807, 2.05) is 31.2 Å². The van der Waals surface area contributed by atoms with Gasteiger partial charge in [0.1, 0.15) is 5.75 Å². The van der Waals surface area contributed by atoms with Gasteiger partial charge in [0.2, 0.25) is 0 Å². The number of hydrogen-bond donors (Lipinski definition) is 1. The van der Waals surface area contributed by atoms with Gasteiger partial charge in [-0.3, -0.25) is 0 Å². The van der Waals surface area contributed by atoms with Gasteiger partial charge in [-0.25, -0.2) is 0 Å². The molecule has 0 aliphatic rings. The van der Waals surface area contributed by atoms with Crippen LogP contribution in [0.25, 0.3) is 0 Å². The van der Waals surface area contributed by atoms with Crippen molar-refractivity contribution in [3.63, 3.8) is 0 Å². The summed E-state index contributed by atoms with van der Waals surface area (Å²) < 4.78 is 5.41. The van der Waals surface area contributed by atoms with E-state index in [9.17, 15) is 5.11 Å². The molecule has 0 bridgehead atoms. The van der Waals surface area contributed by atoms with E-state index in [4.69, 9.17) is 4.74 Å². The highest BCUT2D eigenvalue weighted by Crippen LogP contribution is 2.20. The first-order valence-corrected chi connectivity index (χ1v) is 7.84. The first-order chi connectivity index (χ1) is 9.71. The Morgan fingerprint density at radius 2 is 1.60 bits per heavy atom. The zero-order valence-electron chi connectivity index (χ0n) is 13.1. The highest BCUT2D eigenvalue weighted by molar-refractivity contribution is 5.28. The molecule has 0 saturated heterocycles. The Morgan fingerprint density at radius 3 is 2.10 bits per heavy atom. The molecule has 0 aliphatic carbocycles. The summed E-state index contributed by atoms with van der Waals surface area (Å²) in [6.07, 6.45) is 2.73. The highest BCUT2D eigenvalue weighted by atomic mass is 16.5. The van der Waals surface area contributed by atoms with Crippen LogP contribution in [0.4, 0.5) is 0 Å². The van der Waals surface area contributed by atoms with Gasteiger partial charge in [-0.05, 0) is 57.0 Å². The van der Waals surface area contributed by atoms with E-state index in [1.165, 1.54) is 12.8 Å². The van der Waals surface area contributed by atoms with Crippen LogP contribution in [0, 0.1) is 0 Å². The molecule has 1 unspecified atom stereocenters. The van der Waals surface area contributed by atoms with Crippen molar-refractivity contribution >= 4 is 0 Å². The molecule has 3 nitrogen and oxygen atoms in total. The number of aliphatic hydroxyl groups excluding tert-OH is 1. The number of nitrogens with zero attached hydrogens (tertiary/aromatic N) is 1. The summed E-state index contributed by atoms with van der Waals surface area (Å²) in [5.41, 5.74) is 0.974. The predicted molar refractivity (Wildman–Crippen MR) is 84.2 cm³/mol. The predicted octanol–water partition coefficient (Wildman–Crippen LogP) is 3.63. The normalized spacial score (nSPS) is 12.7. The minimum Gasteiger partial charge on any atom is -0.494 e. The second-order valence-corrected chi connectivity index (χ2v) is 5.15. The van der Waals surface area contributed by atoms with Gasteiger partial charge in [-0.2, -0.15) is 0 Å². The van der Waals surface area contributed by atoms with Crippen LogP contribution in [0.15, 0.2) is 24.3 Å². The number of aliphatic hydroxyl groups is 1. The Labute approximate surface area is 123 Å². The Kier molecular flexibility index (Phi) is 8.31. The summed E-state index contributed by atoms with van der Waals surface area (Å²) in [6.45, 7) is 10.2. The van der Waals surface area contributed by atoms with Gasteiger partial charge in [0, 0.05) is 6.54 Å². The zero-order valence-corrected chi connectivity index (χ0v) is 13.1. The second-order valence-electron chi connectivity index (χ2n) is 5.15. The molecule has 1 rings (SSSR count). The lowest BCUT2D eigenvalue weighted by molar-refractivity contribution is 0.141. The Balaban J connectivity index is 2.46. The van der Waals surface area contributed by atoms with Crippen LogP contribution in [-0.2, 0) is 0 Å². The average molecular weight is 279 g/mol. The standard InChI is InChI=1S/C17H29NO2/c1-4-12-18(13-5-2)14-11-17(19)15-7-9-16(10-8-15)20-6-3/h7-10,17,19H,4-6,11-14H2,1-3H3. The molecule has 0 aliphatic heterocycles. The van der Waals surface area contributed by atoms with Crippen molar-refractivity contribution in [3.8, 4) is 5.75 Å². The third-order valence-electron chi connectivity index (χ3n) is 3.37. The molecule has 0 amide bonds. The lowest BCUT2D eigenvalue weighted by atomic mass is 10.1. The minimum atomic E-state index is -0.387. The number of benzene rings is 1. The molecule has 1 aromatic rings. The first-order valence-electron chi connectivity index (χ1n) is 7.84. The first kappa shape index (κ1) is 17.0. The van der Waals surface area contributed by atoms with Gasteiger partial charge in [-0.1, -0.05) is 26.0 Å². The van der Waals surface area contributed by atoms with Gasteiger partial charge in [0.05, 0.1) is 12.7 Å². The second kappa shape index (κ2) is 9.78. The summed E-state index contributed by atoms with van der Waals surface area (Å²) in [5, 5.41) is 10.3. The van der Waals surface area contributed by atoms with E-state index < -0.39 is 0 Å². The lowest BCUT2D eigenvalue weighted by Crippen LogP contribution is -2.27. The Hall–Kier alpha value is -1.06. The molecule has 0 spiro atoms. The summed E-state index contributed by atoms with van der Waals surface area (Å²) >= 11 is 0. The molecule has 114 valence electrons. The maximum atomic E-state index is 10.3. The van der Waals surface area contributed by atoms with Crippen LogP contribution in [0.2, 0.25) is 0 Å². The monoisotopic (exact) mass is 279 g/mol. The maximum absolute atomic E-state index is 10.3. The summed E-state index contributed by atoms with van der Waals surface area (Å²) in [6, 6.07) is 7.77. The molecule has 0 fully saturated rings. The van der Waals surface area contributed by atoms with Crippen LogP contribution >= 0.6 is 0 Å². The smallest absolute Gasteiger partial charge is 0.119 e. The van der Waals surface area contributed by atoms with Crippen LogP contribution in [0.1, 0.15) is 51.7 Å². The van der Waals surface area contributed by atoms with Gasteiger partial charge < -0.3 is 14.7 Å². The molecule has 0 aromatic heterocycles. The van der Waals surface area contributed by atoms with Crippen molar-refractivity contribution in [2.45, 2.75) is 46.1 Å². The Bertz CT molecular complexity index is 345. The molecule has 3 heteroatoms. The van der Waals surface area contributed by atoms with Crippen LogP contribution in [-0.4, -0.2) is 36.2 Å². The van der Waals surface area contributed by atoms with Crippen LogP contribution < -0.4 is 4.74 Å². The van der Waals surface area contributed by atoms with Crippen molar-refractivity contribution in [3.05, 3.63) is 29.8 Å². The fourth-order valence-electron chi connectivity index (χ4n) is 2.39. The molecule has 0 radical (unpaired) electrons. The lowest BCUT2D eigenvalue weighted by Gasteiger charge is -2.22. The fraction of sp³-hybridized carbons (Fsp3) is 0.647. The fourth-order valence-corrected chi connectivity index (χ4v) is 2.39. The molecule has 1 aromatic carbocycles. The van der Waals surface area contributed by atoms with Crippen LogP contribution in [0.3, 0.4) is 0 Å². The molecule has 1 N–H and O–H groups in total. The van der Waals surface area contributed by atoms with Crippen molar-refractivity contribution in [2.24, 2.45) is 0 Å². The average Bonchev–Trinajstić information content (AvgIpc) is 2.46. The summed E-state index contributed by atoms with van der Waals surface area (Å²) in [4.78, 5) is 2.43. The van der Waals surface area contributed by atoms with E-state index in [0.717, 1.165) is 37.4 Å². The number of hydrogen-bond acceptors (Lipinski definition) is 3. The Morgan fingerprint density at radius 1 is 1.00 bits per heavy atom. The highest BCUT2D eigenvalue weighted by Gasteiger charge is 2.10. The molecular formula is C17H29NO2. The van der Waals surface area contributed by atoms with E-state index in [2.05, 4.69) is 18.7 Å². The third kappa shape index (κ3) is 5.93. The molecule has 1 atom stereocenters. The van der Waals surface area contributed by atoms with Gasteiger partial charge in [0.25, 0.3) is 0 Å². The van der Waals surface area contributed by atoms with E-state index in [1.54, 1.807) is 0 Å². The van der Waals surface area contributed by atoms with E-state index >= 15 is 0 Å². The SMILES string of the molecule is CCCN(CCC)CCC(O)c1ccc(OCC)cc1. The molecule has 0 heterocycles. The molecule has 0 saturated carbocycles. The topological polar surface area (TPSA) is 32.7 Å².